The maximum Gasteiger partial charge on any atom is 0.311 e. The molecular formula is C16H16FNO3. The fourth-order valence-electron chi connectivity index (χ4n) is 2.67. The summed E-state index contributed by atoms with van der Waals surface area (Å²) in [6.07, 6.45) is 3.58. The normalized spacial score (nSPS) is 19.2. The quantitative estimate of drug-likeness (QED) is 0.883. The van der Waals surface area contributed by atoms with Gasteiger partial charge < -0.3 is 9.52 Å². The third-order valence-electron chi connectivity index (χ3n) is 3.87. The maximum absolute atomic E-state index is 13.3. The van der Waals surface area contributed by atoms with Crippen LogP contribution in [0.3, 0.4) is 0 Å². The fourth-order valence-corrected chi connectivity index (χ4v) is 2.67. The summed E-state index contributed by atoms with van der Waals surface area (Å²) >= 11 is 0. The molecule has 0 saturated carbocycles. The van der Waals surface area contributed by atoms with E-state index >= 15 is 0 Å². The Labute approximate surface area is 121 Å². The Hall–Kier alpha value is -2.14. The van der Waals surface area contributed by atoms with E-state index in [1.807, 2.05) is 17.9 Å². The molecule has 0 spiro atoms. The van der Waals surface area contributed by atoms with Gasteiger partial charge in [0.05, 0.1) is 12.5 Å². The Morgan fingerprint density at radius 3 is 3.10 bits per heavy atom. The van der Waals surface area contributed by atoms with Crippen LogP contribution in [0.4, 0.5) is 4.39 Å². The number of carbonyl (C=O) groups is 1. The molecule has 1 atom stereocenters. The molecule has 0 saturated heterocycles. The molecule has 1 unspecified atom stereocenters. The van der Waals surface area contributed by atoms with Crippen molar-refractivity contribution in [1.29, 1.82) is 0 Å². The Morgan fingerprint density at radius 2 is 2.33 bits per heavy atom. The number of nitrogens with zero attached hydrogens (tertiary/aromatic N) is 1. The second kappa shape index (κ2) is 5.33. The third kappa shape index (κ3) is 2.69. The zero-order valence-corrected chi connectivity index (χ0v) is 11.7. The number of halogens is 1. The highest BCUT2D eigenvalue weighted by Crippen LogP contribution is 2.27. The van der Waals surface area contributed by atoms with Crippen LogP contribution in [0.25, 0.3) is 11.0 Å². The summed E-state index contributed by atoms with van der Waals surface area (Å²) in [4.78, 5) is 13.1. The molecule has 0 amide bonds. The van der Waals surface area contributed by atoms with E-state index in [1.54, 1.807) is 12.1 Å². The van der Waals surface area contributed by atoms with Gasteiger partial charge in [0.2, 0.25) is 0 Å². The first kappa shape index (κ1) is 13.8. The summed E-state index contributed by atoms with van der Waals surface area (Å²) in [5.41, 5.74) is 1.57. The number of benzene rings is 1. The number of furan rings is 1. The van der Waals surface area contributed by atoms with Crippen molar-refractivity contribution in [2.45, 2.75) is 13.5 Å². The van der Waals surface area contributed by atoms with Gasteiger partial charge in [-0.05, 0) is 30.7 Å². The van der Waals surface area contributed by atoms with Crippen LogP contribution >= 0.6 is 0 Å². The average molecular weight is 289 g/mol. The third-order valence-corrected chi connectivity index (χ3v) is 3.87. The van der Waals surface area contributed by atoms with Crippen molar-refractivity contribution in [1.82, 2.24) is 4.90 Å². The fraction of sp³-hybridized carbons (Fsp3) is 0.312. The summed E-state index contributed by atoms with van der Waals surface area (Å²) in [5, 5.41) is 9.85. The number of aliphatic carboxylic acids is 1. The highest BCUT2D eigenvalue weighted by molar-refractivity contribution is 5.82. The summed E-state index contributed by atoms with van der Waals surface area (Å²) in [7, 11) is 0. The van der Waals surface area contributed by atoms with E-state index in [0.29, 0.717) is 25.2 Å². The SMILES string of the molecule is Cc1c(CN2CC=CC(C(=O)O)C2)oc2ccc(F)cc12. The van der Waals surface area contributed by atoms with Crippen LogP contribution in [0, 0.1) is 18.7 Å². The first-order valence-electron chi connectivity index (χ1n) is 6.84. The summed E-state index contributed by atoms with van der Waals surface area (Å²) in [6, 6.07) is 4.46. The van der Waals surface area contributed by atoms with E-state index in [9.17, 15) is 9.18 Å². The van der Waals surface area contributed by atoms with Crippen LogP contribution in [-0.4, -0.2) is 29.1 Å². The van der Waals surface area contributed by atoms with Gasteiger partial charge in [-0.2, -0.15) is 0 Å². The topological polar surface area (TPSA) is 53.7 Å². The van der Waals surface area contributed by atoms with Crippen LogP contribution < -0.4 is 0 Å². The van der Waals surface area contributed by atoms with Crippen molar-refractivity contribution >= 4 is 16.9 Å². The zero-order chi connectivity index (χ0) is 15.0. The number of aryl methyl sites for hydroxylation is 1. The number of hydrogen-bond acceptors (Lipinski definition) is 3. The van der Waals surface area contributed by atoms with Crippen LogP contribution in [0.2, 0.25) is 0 Å². The van der Waals surface area contributed by atoms with Crippen molar-refractivity contribution in [2.75, 3.05) is 13.1 Å². The smallest absolute Gasteiger partial charge is 0.311 e. The van der Waals surface area contributed by atoms with E-state index in [-0.39, 0.29) is 5.82 Å². The van der Waals surface area contributed by atoms with Crippen molar-refractivity contribution in [3.05, 3.63) is 47.5 Å². The molecule has 1 aliphatic rings. The minimum absolute atomic E-state index is 0.287. The molecule has 110 valence electrons. The highest BCUT2D eigenvalue weighted by atomic mass is 19.1. The first-order chi connectivity index (χ1) is 10.0. The standard InChI is InChI=1S/C16H16FNO3/c1-10-13-7-12(17)4-5-14(13)21-15(10)9-18-6-2-3-11(8-18)16(19)20/h2-5,7,11H,6,8-9H2,1H3,(H,19,20). The van der Waals surface area contributed by atoms with Crippen molar-refractivity contribution in [2.24, 2.45) is 5.92 Å². The second-order valence-corrected chi connectivity index (χ2v) is 5.36. The van der Waals surface area contributed by atoms with Gasteiger partial charge in [0.15, 0.2) is 0 Å². The van der Waals surface area contributed by atoms with E-state index in [4.69, 9.17) is 9.52 Å². The van der Waals surface area contributed by atoms with Gasteiger partial charge in [0.25, 0.3) is 0 Å². The Balaban J connectivity index is 1.84. The molecule has 0 radical (unpaired) electrons. The van der Waals surface area contributed by atoms with Gasteiger partial charge in [0, 0.05) is 18.5 Å². The van der Waals surface area contributed by atoms with Crippen molar-refractivity contribution in [3.8, 4) is 0 Å². The molecule has 0 aliphatic carbocycles. The molecule has 0 fully saturated rings. The summed E-state index contributed by atoms with van der Waals surface area (Å²) < 4.78 is 19.1. The van der Waals surface area contributed by atoms with Gasteiger partial charge in [-0.15, -0.1) is 0 Å². The molecule has 2 heterocycles. The van der Waals surface area contributed by atoms with Crippen LogP contribution in [0.1, 0.15) is 11.3 Å². The molecule has 1 aromatic heterocycles. The van der Waals surface area contributed by atoms with Gasteiger partial charge in [-0.25, -0.2) is 4.39 Å². The zero-order valence-electron chi connectivity index (χ0n) is 11.7. The number of hydrogen-bond donors (Lipinski definition) is 1. The van der Waals surface area contributed by atoms with Gasteiger partial charge in [0.1, 0.15) is 17.2 Å². The van der Waals surface area contributed by atoms with E-state index < -0.39 is 11.9 Å². The van der Waals surface area contributed by atoms with Gasteiger partial charge in [-0.3, -0.25) is 9.69 Å². The number of fused-ring (bicyclic) bond motifs is 1. The molecule has 21 heavy (non-hydrogen) atoms. The average Bonchev–Trinajstić information content (AvgIpc) is 2.76. The first-order valence-corrected chi connectivity index (χ1v) is 6.84. The second-order valence-electron chi connectivity index (χ2n) is 5.36. The largest absolute Gasteiger partial charge is 0.481 e. The maximum atomic E-state index is 13.3. The molecule has 5 heteroatoms. The lowest BCUT2D eigenvalue weighted by Crippen LogP contribution is -2.35. The Bertz CT molecular complexity index is 720. The molecule has 1 aliphatic heterocycles. The summed E-state index contributed by atoms with van der Waals surface area (Å²) in [6.45, 7) is 3.57. The highest BCUT2D eigenvalue weighted by Gasteiger charge is 2.23. The number of carboxylic acid groups (broad SMARTS) is 1. The molecular weight excluding hydrogens is 273 g/mol. The lowest BCUT2D eigenvalue weighted by molar-refractivity contribution is -0.140. The van der Waals surface area contributed by atoms with Crippen molar-refractivity contribution in [3.63, 3.8) is 0 Å². The lowest BCUT2D eigenvalue weighted by Gasteiger charge is -2.25. The van der Waals surface area contributed by atoms with Crippen LogP contribution in [0.5, 0.6) is 0 Å². The summed E-state index contributed by atoms with van der Waals surface area (Å²) in [5.74, 6) is -0.833. The lowest BCUT2D eigenvalue weighted by atomic mass is 10.1. The van der Waals surface area contributed by atoms with Gasteiger partial charge in [-0.1, -0.05) is 12.2 Å². The Kier molecular flexibility index (Phi) is 3.51. The van der Waals surface area contributed by atoms with E-state index in [0.717, 1.165) is 16.7 Å². The monoisotopic (exact) mass is 289 g/mol. The molecule has 4 nitrogen and oxygen atoms in total. The van der Waals surface area contributed by atoms with Crippen LogP contribution in [0.15, 0.2) is 34.8 Å². The minimum Gasteiger partial charge on any atom is -0.481 e. The van der Waals surface area contributed by atoms with Crippen LogP contribution in [-0.2, 0) is 11.3 Å². The number of rotatable bonds is 3. The number of carboxylic acids is 1. The molecule has 3 rings (SSSR count). The minimum atomic E-state index is -0.820. The van der Waals surface area contributed by atoms with Crippen molar-refractivity contribution < 1.29 is 18.7 Å². The molecule has 1 aromatic carbocycles. The molecule has 2 aromatic rings. The molecule has 0 bridgehead atoms. The van der Waals surface area contributed by atoms with Gasteiger partial charge >= 0.3 is 5.97 Å². The van der Waals surface area contributed by atoms with E-state index in [1.165, 1.54) is 12.1 Å². The molecule has 1 N–H and O–H groups in total. The Morgan fingerprint density at radius 1 is 1.52 bits per heavy atom. The van der Waals surface area contributed by atoms with E-state index in [2.05, 4.69) is 0 Å². The predicted octanol–water partition coefficient (Wildman–Crippen LogP) is 2.95. The predicted molar refractivity (Wildman–Crippen MR) is 76.5 cm³/mol.